The molecule has 1 aliphatic rings. The molecule has 2 aromatic heterocycles. The molecular weight excluding hydrogens is 436 g/mol. The minimum atomic E-state index is -0.0553. The number of hydrogen-bond donors (Lipinski definition) is 1. The number of carbonyl (C=O) groups is 1. The van der Waals surface area contributed by atoms with E-state index in [-0.39, 0.29) is 5.78 Å². The van der Waals surface area contributed by atoms with Crippen molar-refractivity contribution in [3.05, 3.63) is 118 Å². The number of hydrogen-bond acceptors (Lipinski definition) is 4. The summed E-state index contributed by atoms with van der Waals surface area (Å²) in [5.41, 5.74) is 14.7. The molecule has 0 atom stereocenters. The van der Waals surface area contributed by atoms with Crippen LogP contribution >= 0.6 is 11.3 Å². The fourth-order valence-electron chi connectivity index (χ4n) is 4.78. The summed E-state index contributed by atoms with van der Waals surface area (Å²) in [6.07, 6.45) is 4.06. The molecule has 0 aliphatic heterocycles. The van der Waals surface area contributed by atoms with Crippen LogP contribution in [0.1, 0.15) is 38.5 Å². The SMILES string of the molecule is Nc1c(C(=O)c2ccccc2)sc2nc3c(c(-c4ccccc4)c12)CCC3=Cc1ccccc1. The molecule has 0 saturated carbocycles. The van der Waals surface area contributed by atoms with Crippen molar-refractivity contribution < 1.29 is 4.79 Å². The molecule has 2 N–H and O–H groups in total. The quantitative estimate of drug-likeness (QED) is 0.288. The smallest absolute Gasteiger partial charge is 0.205 e. The van der Waals surface area contributed by atoms with Crippen molar-refractivity contribution in [1.82, 2.24) is 4.98 Å². The molecule has 6 rings (SSSR count). The lowest BCUT2D eigenvalue weighted by Crippen LogP contribution is -2.02. The van der Waals surface area contributed by atoms with Gasteiger partial charge in [0.15, 0.2) is 0 Å². The fraction of sp³-hybridized carbons (Fsp3) is 0.0667. The number of carbonyl (C=O) groups excluding carboxylic acids is 1. The van der Waals surface area contributed by atoms with Crippen molar-refractivity contribution in [3.63, 3.8) is 0 Å². The van der Waals surface area contributed by atoms with E-state index in [0.717, 1.165) is 39.9 Å². The second kappa shape index (κ2) is 8.40. The van der Waals surface area contributed by atoms with Gasteiger partial charge in [0, 0.05) is 10.9 Å². The van der Waals surface area contributed by atoms with E-state index in [0.29, 0.717) is 16.1 Å². The van der Waals surface area contributed by atoms with E-state index in [1.165, 1.54) is 28.0 Å². The van der Waals surface area contributed by atoms with E-state index in [9.17, 15) is 4.79 Å². The largest absolute Gasteiger partial charge is 0.397 e. The molecule has 164 valence electrons. The third-order valence-electron chi connectivity index (χ3n) is 6.37. The summed E-state index contributed by atoms with van der Waals surface area (Å²) in [4.78, 5) is 19.8. The predicted molar refractivity (Wildman–Crippen MR) is 142 cm³/mol. The van der Waals surface area contributed by atoms with Crippen LogP contribution in [0, 0.1) is 0 Å². The monoisotopic (exact) mass is 458 g/mol. The van der Waals surface area contributed by atoms with E-state index in [4.69, 9.17) is 10.7 Å². The van der Waals surface area contributed by atoms with Crippen molar-refractivity contribution >= 4 is 44.7 Å². The Balaban J connectivity index is 1.60. The van der Waals surface area contributed by atoms with Gasteiger partial charge < -0.3 is 5.73 Å². The Labute approximate surface area is 202 Å². The zero-order chi connectivity index (χ0) is 23.1. The Morgan fingerprint density at radius 2 is 1.50 bits per heavy atom. The molecule has 0 spiro atoms. The molecule has 34 heavy (non-hydrogen) atoms. The van der Waals surface area contributed by atoms with Crippen molar-refractivity contribution in [2.45, 2.75) is 12.8 Å². The van der Waals surface area contributed by atoms with Gasteiger partial charge in [-0.3, -0.25) is 4.79 Å². The standard InChI is InChI=1S/C30H22N2OS/c31-26-25-24(20-12-6-2-7-13-20)23-17-16-22(18-19-10-4-1-5-11-19)27(23)32-30(25)34-29(26)28(33)21-14-8-3-9-15-21/h1-15,18H,16-17,31H2. The predicted octanol–water partition coefficient (Wildman–Crippen LogP) is 7.26. The van der Waals surface area contributed by atoms with Gasteiger partial charge in [-0.05, 0) is 46.7 Å². The van der Waals surface area contributed by atoms with E-state index >= 15 is 0 Å². The third kappa shape index (κ3) is 3.44. The molecule has 4 heteroatoms. The second-order valence-electron chi connectivity index (χ2n) is 8.48. The Kier molecular flexibility index (Phi) is 5.08. The second-order valence-corrected chi connectivity index (χ2v) is 9.48. The number of aromatic nitrogens is 1. The number of fused-ring (bicyclic) bond motifs is 2. The molecule has 0 amide bonds. The van der Waals surface area contributed by atoms with Crippen LogP contribution in [0.3, 0.4) is 0 Å². The topological polar surface area (TPSA) is 56.0 Å². The highest BCUT2D eigenvalue weighted by Crippen LogP contribution is 2.47. The summed E-state index contributed by atoms with van der Waals surface area (Å²) >= 11 is 1.40. The Morgan fingerprint density at radius 1 is 0.853 bits per heavy atom. The highest BCUT2D eigenvalue weighted by atomic mass is 32.1. The lowest BCUT2D eigenvalue weighted by Gasteiger charge is -2.12. The summed E-state index contributed by atoms with van der Waals surface area (Å²) in [6.45, 7) is 0. The number of ketones is 1. The number of thiophene rings is 1. The summed E-state index contributed by atoms with van der Waals surface area (Å²) in [7, 11) is 0. The maximum atomic E-state index is 13.3. The minimum Gasteiger partial charge on any atom is -0.397 e. The van der Waals surface area contributed by atoms with Crippen molar-refractivity contribution in [1.29, 1.82) is 0 Å². The molecule has 0 unspecified atom stereocenters. The number of nitrogens with zero attached hydrogens (tertiary/aromatic N) is 1. The van der Waals surface area contributed by atoms with E-state index in [2.05, 4.69) is 42.5 Å². The fourth-order valence-corrected chi connectivity index (χ4v) is 5.85. The molecule has 0 saturated heterocycles. The first-order valence-electron chi connectivity index (χ1n) is 11.4. The Bertz CT molecular complexity index is 1550. The number of nitrogens with two attached hydrogens (primary N) is 1. The molecule has 5 aromatic rings. The van der Waals surface area contributed by atoms with Crippen LogP contribution in [-0.4, -0.2) is 10.8 Å². The van der Waals surface area contributed by atoms with Gasteiger partial charge in [0.2, 0.25) is 5.78 Å². The third-order valence-corrected chi connectivity index (χ3v) is 7.47. The molecule has 3 nitrogen and oxygen atoms in total. The molecule has 0 fully saturated rings. The highest BCUT2D eigenvalue weighted by molar-refractivity contribution is 7.21. The average Bonchev–Trinajstić information content (AvgIpc) is 3.44. The maximum Gasteiger partial charge on any atom is 0.205 e. The van der Waals surface area contributed by atoms with Crippen LogP contribution in [0.4, 0.5) is 5.69 Å². The van der Waals surface area contributed by atoms with Gasteiger partial charge in [0.05, 0.1) is 11.4 Å². The highest BCUT2D eigenvalue weighted by Gasteiger charge is 2.28. The molecule has 1 aliphatic carbocycles. The summed E-state index contributed by atoms with van der Waals surface area (Å²) < 4.78 is 0. The number of anilines is 1. The van der Waals surface area contributed by atoms with E-state index in [1.807, 2.05) is 54.6 Å². The lowest BCUT2D eigenvalue weighted by molar-refractivity contribution is 0.104. The van der Waals surface area contributed by atoms with Gasteiger partial charge in [0.25, 0.3) is 0 Å². The number of nitrogen functional groups attached to an aromatic ring is 1. The number of allylic oxidation sites excluding steroid dienone is 1. The van der Waals surface area contributed by atoms with Gasteiger partial charge in [-0.15, -0.1) is 11.3 Å². The van der Waals surface area contributed by atoms with E-state index in [1.54, 1.807) is 0 Å². The first kappa shape index (κ1) is 20.6. The van der Waals surface area contributed by atoms with Gasteiger partial charge in [-0.25, -0.2) is 4.98 Å². The lowest BCUT2D eigenvalue weighted by atomic mass is 9.95. The number of benzene rings is 3. The van der Waals surface area contributed by atoms with E-state index < -0.39 is 0 Å². The maximum absolute atomic E-state index is 13.3. The zero-order valence-corrected chi connectivity index (χ0v) is 19.3. The van der Waals surface area contributed by atoms with Gasteiger partial charge in [-0.1, -0.05) is 91.0 Å². The van der Waals surface area contributed by atoms with Crippen LogP contribution in [0.2, 0.25) is 0 Å². The van der Waals surface area contributed by atoms with Gasteiger partial charge in [0.1, 0.15) is 9.71 Å². The summed E-state index contributed by atoms with van der Waals surface area (Å²) in [5, 5.41) is 0.898. The molecule has 3 aromatic carbocycles. The first-order chi connectivity index (χ1) is 16.7. The number of rotatable bonds is 4. The van der Waals surface area contributed by atoms with Crippen LogP contribution in [0.5, 0.6) is 0 Å². The molecule has 2 heterocycles. The number of pyridine rings is 1. The molecule has 0 radical (unpaired) electrons. The van der Waals surface area contributed by atoms with Crippen LogP contribution in [0.25, 0.3) is 33.0 Å². The first-order valence-corrected chi connectivity index (χ1v) is 12.2. The van der Waals surface area contributed by atoms with Crippen molar-refractivity contribution in [3.8, 4) is 11.1 Å². The molecule has 0 bridgehead atoms. The Morgan fingerprint density at radius 3 is 2.21 bits per heavy atom. The minimum absolute atomic E-state index is 0.0553. The van der Waals surface area contributed by atoms with Crippen LogP contribution in [0.15, 0.2) is 91.0 Å². The zero-order valence-electron chi connectivity index (χ0n) is 18.5. The summed E-state index contributed by atoms with van der Waals surface area (Å²) in [5.74, 6) is -0.0553. The average molecular weight is 459 g/mol. The Hall–Kier alpha value is -4.02. The van der Waals surface area contributed by atoms with Crippen LogP contribution in [-0.2, 0) is 6.42 Å². The normalized spacial score (nSPS) is 13.9. The van der Waals surface area contributed by atoms with Crippen molar-refractivity contribution in [2.24, 2.45) is 0 Å². The van der Waals surface area contributed by atoms with Crippen molar-refractivity contribution in [2.75, 3.05) is 5.73 Å². The van der Waals surface area contributed by atoms with Gasteiger partial charge in [-0.2, -0.15) is 0 Å². The van der Waals surface area contributed by atoms with Gasteiger partial charge >= 0.3 is 0 Å². The molecular formula is C30H22N2OS. The summed E-state index contributed by atoms with van der Waals surface area (Å²) in [6, 6.07) is 30.0. The van der Waals surface area contributed by atoms with Crippen LogP contribution < -0.4 is 5.73 Å².